The Hall–Kier alpha value is -1.91. The summed E-state index contributed by atoms with van der Waals surface area (Å²) >= 11 is 4.96. The summed E-state index contributed by atoms with van der Waals surface area (Å²) in [5, 5.41) is 4.94. The van der Waals surface area contributed by atoms with E-state index in [1.165, 1.54) is 16.9 Å². The standard InChI is InChI=1S/C19H16BrNOS/c1-12-3-6-14(7-4-12)15-9-10-23-18(15)19(22)21-17-8-5-13(2)11-16(17)20/h3-11H,1-2H3,(H,21,22). The lowest BCUT2D eigenvalue weighted by atomic mass is 10.0. The highest BCUT2D eigenvalue weighted by Crippen LogP contribution is 2.30. The Kier molecular flexibility index (Phi) is 4.64. The molecule has 2 aromatic carbocycles. The number of halogens is 1. The molecule has 0 unspecified atom stereocenters. The van der Waals surface area contributed by atoms with Crippen LogP contribution in [0.3, 0.4) is 0 Å². The molecule has 0 radical (unpaired) electrons. The van der Waals surface area contributed by atoms with E-state index in [9.17, 15) is 4.79 Å². The van der Waals surface area contributed by atoms with Crippen molar-refractivity contribution >= 4 is 38.9 Å². The third-order valence-corrected chi connectivity index (χ3v) is 5.18. The molecule has 0 aliphatic rings. The van der Waals surface area contributed by atoms with Crippen LogP contribution < -0.4 is 5.32 Å². The molecule has 3 aromatic rings. The maximum absolute atomic E-state index is 12.7. The Balaban J connectivity index is 1.89. The summed E-state index contributed by atoms with van der Waals surface area (Å²) in [6.07, 6.45) is 0. The van der Waals surface area contributed by atoms with Gasteiger partial charge in [-0.25, -0.2) is 0 Å². The molecule has 116 valence electrons. The molecule has 1 amide bonds. The van der Waals surface area contributed by atoms with Crippen LogP contribution in [0, 0.1) is 13.8 Å². The lowest BCUT2D eigenvalue weighted by Gasteiger charge is -2.09. The summed E-state index contributed by atoms with van der Waals surface area (Å²) in [6, 6.07) is 16.1. The first kappa shape index (κ1) is 16.0. The lowest BCUT2D eigenvalue weighted by Crippen LogP contribution is -2.11. The fraction of sp³-hybridized carbons (Fsp3) is 0.105. The van der Waals surface area contributed by atoms with Gasteiger partial charge in [-0.2, -0.15) is 0 Å². The lowest BCUT2D eigenvalue weighted by molar-refractivity contribution is 0.103. The van der Waals surface area contributed by atoms with Gasteiger partial charge in [-0.15, -0.1) is 11.3 Å². The van der Waals surface area contributed by atoms with Crippen molar-refractivity contribution in [2.24, 2.45) is 0 Å². The minimum absolute atomic E-state index is 0.0832. The zero-order valence-electron chi connectivity index (χ0n) is 12.9. The summed E-state index contributed by atoms with van der Waals surface area (Å²) in [5.41, 5.74) is 5.16. The van der Waals surface area contributed by atoms with Crippen molar-refractivity contribution in [1.29, 1.82) is 0 Å². The maximum atomic E-state index is 12.7. The molecule has 0 saturated heterocycles. The Labute approximate surface area is 148 Å². The van der Waals surface area contributed by atoms with Gasteiger partial charge in [0, 0.05) is 10.0 Å². The summed E-state index contributed by atoms with van der Waals surface area (Å²) in [4.78, 5) is 13.4. The molecular formula is C19H16BrNOS. The van der Waals surface area contributed by atoms with Gasteiger partial charge >= 0.3 is 0 Å². The van der Waals surface area contributed by atoms with Crippen LogP contribution in [0.5, 0.6) is 0 Å². The third kappa shape index (κ3) is 3.54. The molecule has 0 atom stereocenters. The average Bonchev–Trinajstić information content (AvgIpc) is 3.00. The SMILES string of the molecule is Cc1ccc(-c2ccsc2C(=O)Nc2ccc(C)cc2Br)cc1. The van der Waals surface area contributed by atoms with Crippen molar-refractivity contribution in [3.05, 3.63) is 74.4 Å². The van der Waals surface area contributed by atoms with Crippen LogP contribution in [-0.4, -0.2) is 5.91 Å². The molecule has 0 aliphatic heterocycles. The number of carbonyl (C=O) groups is 1. The molecule has 1 heterocycles. The minimum atomic E-state index is -0.0832. The highest BCUT2D eigenvalue weighted by molar-refractivity contribution is 9.10. The first-order valence-corrected chi connectivity index (χ1v) is 8.94. The second kappa shape index (κ2) is 6.69. The van der Waals surface area contributed by atoms with Gasteiger partial charge in [-0.1, -0.05) is 35.9 Å². The first-order chi connectivity index (χ1) is 11.0. The monoisotopic (exact) mass is 385 g/mol. The summed E-state index contributed by atoms with van der Waals surface area (Å²) in [5.74, 6) is -0.0832. The van der Waals surface area contributed by atoms with E-state index in [1.807, 2.05) is 36.6 Å². The van der Waals surface area contributed by atoms with Gasteiger partial charge in [0.05, 0.1) is 10.6 Å². The average molecular weight is 386 g/mol. The molecule has 1 aromatic heterocycles. The number of carbonyl (C=O) groups excluding carboxylic acids is 1. The molecule has 0 aliphatic carbocycles. The second-order valence-corrected chi connectivity index (χ2v) is 7.24. The predicted molar refractivity (Wildman–Crippen MR) is 101 cm³/mol. The van der Waals surface area contributed by atoms with Gasteiger partial charge in [-0.05, 0) is 64.5 Å². The van der Waals surface area contributed by atoms with E-state index in [4.69, 9.17) is 0 Å². The third-order valence-electron chi connectivity index (χ3n) is 3.61. The number of benzene rings is 2. The molecule has 3 rings (SSSR count). The van der Waals surface area contributed by atoms with Crippen molar-refractivity contribution in [3.8, 4) is 11.1 Å². The van der Waals surface area contributed by atoms with Crippen LogP contribution in [0.25, 0.3) is 11.1 Å². The minimum Gasteiger partial charge on any atom is -0.320 e. The highest BCUT2D eigenvalue weighted by atomic mass is 79.9. The first-order valence-electron chi connectivity index (χ1n) is 7.26. The molecule has 0 spiro atoms. The van der Waals surface area contributed by atoms with Crippen LogP contribution in [-0.2, 0) is 0 Å². The van der Waals surface area contributed by atoms with Crippen molar-refractivity contribution in [1.82, 2.24) is 0 Å². The van der Waals surface area contributed by atoms with Gasteiger partial charge in [0.1, 0.15) is 0 Å². The summed E-state index contributed by atoms with van der Waals surface area (Å²) in [6.45, 7) is 4.07. The van der Waals surface area contributed by atoms with E-state index in [0.717, 1.165) is 31.7 Å². The van der Waals surface area contributed by atoms with Crippen LogP contribution >= 0.6 is 27.3 Å². The number of nitrogens with one attached hydrogen (secondary N) is 1. The predicted octanol–water partition coefficient (Wildman–Crippen LogP) is 6.05. The number of hydrogen-bond donors (Lipinski definition) is 1. The number of amides is 1. The van der Waals surface area contributed by atoms with Crippen molar-refractivity contribution in [3.63, 3.8) is 0 Å². The van der Waals surface area contributed by atoms with Crippen molar-refractivity contribution < 1.29 is 4.79 Å². The van der Waals surface area contributed by atoms with E-state index in [-0.39, 0.29) is 5.91 Å². The quantitative estimate of drug-likeness (QED) is 0.584. The van der Waals surface area contributed by atoms with Crippen molar-refractivity contribution in [2.75, 3.05) is 5.32 Å². The van der Waals surface area contributed by atoms with E-state index < -0.39 is 0 Å². The van der Waals surface area contributed by atoms with Crippen molar-refractivity contribution in [2.45, 2.75) is 13.8 Å². The fourth-order valence-electron chi connectivity index (χ4n) is 2.35. The molecule has 0 fully saturated rings. The van der Waals surface area contributed by atoms with E-state index in [2.05, 4.69) is 52.4 Å². The number of anilines is 1. The largest absolute Gasteiger partial charge is 0.320 e. The Morgan fingerprint density at radius 1 is 1.00 bits per heavy atom. The second-order valence-electron chi connectivity index (χ2n) is 5.47. The number of thiophene rings is 1. The molecule has 4 heteroatoms. The van der Waals surface area contributed by atoms with Crippen LogP contribution in [0.1, 0.15) is 20.8 Å². The molecule has 0 saturated carbocycles. The van der Waals surface area contributed by atoms with Gasteiger partial charge in [-0.3, -0.25) is 4.79 Å². The zero-order valence-corrected chi connectivity index (χ0v) is 15.3. The number of hydrogen-bond acceptors (Lipinski definition) is 2. The molecule has 1 N–H and O–H groups in total. The van der Waals surface area contributed by atoms with E-state index in [1.54, 1.807) is 0 Å². The molecule has 0 bridgehead atoms. The molecule has 2 nitrogen and oxygen atoms in total. The van der Waals surface area contributed by atoms with Crippen LogP contribution in [0.15, 0.2) is 58.4 Å². The Bertz CT molecular complexity index is 852. The Morgan fingerprint density at radius 3 is 2.39 bits per heavy atom. The molecular weight excluding hydrogens is 370 g/mol. The highest BCUT2D eigenvalue weighted by Gasteiger charge is 2.15. The topological polar surface area (TPSA) is 29.1 Å². The summed E-state index contributed by atoms with van der Waals surface area (Å²) < 4.78 is 0.888. The molecule has 23 heavy (non-hydrogen) atoms. The van der Waals surface area contributed by atoms with E-state index in [0.29, 0.717) is 0 Å². The smallest absolute Gasteiger partial charge is 0.266 e. The normalized spacial score (nSPS) is 10.6. The summed E-state index contributed by atoms with van der Waals surface area (Å²) in [7, 11) is 0. The fourth-order valence-corrected chi connectivity index (χ4v) is 3.75. The van der Waals surface area contributed by atoms with Crippen LogP contribution in [0.2, 0.25) is 0 Å². The number of aryl methyl sites for hydroxylation is 2. The Morgan fingerprint density at radius 2 is 1.70 bits per heavy atom. The van der Waals surface area contributed by atoms with Gasteiger partial charge in [0.2, 0.25) is 0 Å². The van der Waals surface area contributed by atoms with Gasteiger partial charge in [0.25, 0.3) is 5.91 Å². The number of rotatable bonds is 3. The zero-order chi connectivity index (χ0) is 16.4. The van der Waals surface area contributed by atoms with Crippen LogP contribution in [0.4, 0.5) is 5.69 Å². The maximum Gasteiger partial charge on any atom is 0.266 e. The van der Waals surface area contributed by atoms with E-state index >= 15 is 0 Å². The van der Waals surface area contributed by atoms with Gasteiger partial charge < -0.3 is 5.32 Å². The van der Waals surface area contributed by atoms with Gasteiger partial charge in [0.15, 0.2) is 0 Å².